The minimum absolute atomic E-state index is 0.0732. The maximum Gasteiger partial charge on any atom is 0.303 e. The van der Waals surface area contributed by atoms with Crippen molar-refractivity contribution in [1.29, 1.82) is 0 Å². The molecular weight excluding hydrogens is 404 g/mol. The number of aryl methyl sites for hydroxylation is 2. The molecule has 1 N–H and O–H groups in total. The van der Waals surface area contributed by atoms with E-state index >= 15 is 0 Å². The van der Waals surface area contributed by atoms with Gasteiger partial charge in [0.1, 0.15) is 0 Å². The molecule has 160 valence electrons. The van der Waals surface area contributed by atoms with Crippen LogP contribution in [0.4, 0.5) is 0 Å². The van der Waals surface area contributed by atoms with Gasteiger partial charge in [-0.1, -0.05) is 24.3 Å². The summed E-state index contributed by atoms with van der Waals surface area (Å²) in [4.78, 5) is 43.2. The van der Waals surface area contributed by atoms with E-state index in [9.17, 15) is 19.5 Å². The van der Waals surface area contributed by atoms with Gasteiger partial charge in [0.05, 0.1) is 28.2 Å². The van der Waals surface area contributed by atoms with Gasteiger partial charge in [0.2, 0.25) is 0 Å². The fraction of sp³-hybridized carbons (Fsp3) is 0.455. The molecule has 0 unspecified atom stereocenters. The number of benzene rings is 1. The predicted molar refractivity (Wildman–Crippen MR) is 113 cm³/mol. The smallest absolute Gasteiger partial charge is 0.303 e. The zero-order valence-electron chi connectivity index (χ0n) is 17.3. The fourth-order valence-corrected chi connectivity index (χ4v) is 4.54. The number of aromatic nitrogens is 1. The van der Waals surface area contributed by atoms with E-state index in [2.05, 4.69) is 4.98 Å². The van der Waals surface area contributed by atoms with E-state index in [0.717, 1.165) is 21.7 Å². The van der Waals surface area contributed by atoms with E-state index in [-0.39, 0.29) is 25.2 Å². The number of amides is 1. The van der Waals surface area contributed by atoms with Crippen molar-refractivity contribution in [2.45, 2.75) is 58.3 Å². The molecule has 2 aromatic rings. The number of hydrogen-bond acceptors (Lipinski definition) is 7. The molecule has 3 rings (SSSR count). The number of Topliss-reactive ketones (excluding diaryl/α,β-unsaturated/α-hetero) is 1. The third kappa shape index (κ3) is 5.12. The van der Waals surface area contributed by atoms with Crippen LogP contribution < -0.4 is 0 Å². The molecule has 3 atom stereocenters. The van der Waals surface area contributed by atoms with Crippen LogP contribution in [-0.4, -0.2) is 57.4 Å². The Morgan fingerprint density at radius 1 is 1.30 bits per heavy atom. The van der Waals surface area contributed by atoms with E-state index in [1.54, 1.807) is 11.3 Å². The first-order valence-electron chi connectivity index (χ1n) is 9.94. The molecular formula is C22H26N2O5S. The molecule has 2 heterocycles. The lowest BCUT2D eigenvalue weighted by molar-refractivity contribution is -0.158. The largest absolute Gasteiger partial charge is 0.453 e. The molecule has 8 heteroatoms. The molecule has 0 aliphatic carbocycles. The van der Waals surface area contributed by atoms with Gasteiger partial charge in [0.25, 0.3) is 5.91 Å². The molecule has 1 aliphatic rings. The maximum atomic E-state index is 12.8. The number of likely N-dealkylation sites (tertiary alicyclic amines) is 1. The summed E-state index contributed by atoms with van der Waals surface area (Å²) in [5.74, 6) is -1.11. The van der Waals surface area contributed by atoms with E-state index < -0.39 is 30.1 Å². The number of esters is 1. The average molecular weight is 431 g/mol. The van der Waals surface area contributed by atoms with Gasteiger partial charge in [-0.25, -0.2) is 4.98 Å². The zero-order chi connectivity index (χ0) is 21.8. The second kappa shape index (κ2) is 9.49. The quantitative estimate of drug-likeness (QED) is 0.678. The summed E-state index contributed by atoms with van der Waals surface area (Å²) in [6.45, 7) is 4.75. The van der Waals surface area contributed by atoms with Crippen molar-refractivity contribution in [1.82, 2.24) is 9.88 Å². The van der Waals surface area contributed by atoms with Gasteiger partial charge in [0, 0.05) is 26.3 Å². The maximum absolute atomic E-state index is 12.8. The number of aliphatic hydroxyl groups is 1. The summed E-state index contributed by atoms with van der Waals surface area (Å²) in [7, 11) is 0. The minimum Gasteiger partial charge on any atom is -0.453 e. The van der Waals surface area contributed by atoms with Crippen LogP contribution in [-0.2, 0) is 25.5 Å². The molecule has 1 aromatic heterocycles. The number of β-amino-alcohol motifs (C(OH)–C–C–N with tert-alkyl or cyclic N) is 1. The summed E-state index contributed by atoms with van der Waals surface area (Å²) in [6, 6.07) is 7.35. The van der Waals surface area contributed by atoms with Gasteiger partial charge >= 0.3 is 5.97 Å². The SMILES string of the molecule is CC(=O)O[C@@H](C)C(=O)N1C[C@H](O)C[C@H]1C(=O)CCc1ccc(-c2scnc2C)cc1. The summed E-state index contributed by atoms with van der Waals surface area (Å²) in [5.41, 5.74) is 4.94. The van der Waals surface area contributed by atoms with Gasteiger partial charge in [-0.05, 0) is 31.4 Å². The third-order valence-electron chi connectivity index (χ3n) is 5.25. The zero-order valence-corrected chi connectivity index (χ0v) is 18.1. The second-order valence-electron chi connectivity index (χ2n) is 7.58. The van der Waals surface area contributed by atoms with Crippen LogP contribution in [0.1, 0.15) is 37.9 Å². The number of rotatable bonds is 7. The van der Waals surface area contributed by atoms with Crippen LogP contribution in [0, 0.1) is 6.92 Å². The number of carbonyl (C=O) groups excluding carboxylic acids is 3. The first kappa shape index (κ1) is 22.1. The lowest BCUT2D eigenvalue weighted by Gasteiger charge is -2.26. The number of aliphatic hydroxyl groups excluding tert-OH is 1. The van der Waals surface area contributed by atoms with Gasteiger partial charge in [0.15, 0.2) is 11.9 Å². The lowest BCUT2D eigenvalue weighted by Crippen LogP contribution is -2.46. The Kier molecular flexibility index (Phi) is 6.99. The first-order valence-corrected chi connectivity index (χ1v) is 10.8. The molecule has 0 radical (unpaired) electrons. The normalized spacial score (nSPS) is 19.5. The Hall–Kier alpha value is -2.58. The minimum atomic E-state index is -0.981. The van der Waals surface area contributed by atoms with Crippen molar-refractivity contribution in [3.05, 3.63) is 41.0 Å². The van der Waals surface area contributed by atoms with Crippen molar-refractivity contribution in [2.75, 3.05) is 6.54 Å². The molecule has 1 fully saturated rings. The van der Waals surface area contributed by atoms with Crippen molar-refractivity contribution in [2.24, 2.45) is 0 Å². The highest BCUT2D eigenvalue weighted by molar-refractivity contribution is 7.13. The molecule has 1 saturated heterocycles. The van der Waals surface area contributed by atoms with Crippen molar-refractivity contribution in [3.8, 4) is 10.4 Å². The van der Waals surface area contributed by atoms with Gasteiger partial charge in [-0.2, -0.15) is 0 Å². The van der Waals surface area contributed by atoms with Gasteiger partial charge in [-0.15, -0.1) is 11.3 Å². The highest BCUT2D eigenvalue weighted by atomic mass is 32.1. The van der Waals surface area contributed by atoms with Crippen LogP contribution in [0.3, 0.4) is 0 Å². The number of ether oxygens (including phenoxy) is 1. The van der Waals surface area contributed by atoms with Crippen LogP contribution in [0.5, 0.6) is 0 Å². The van der Waals surface area contributed by atoms with Gasteiger partial charge < -0.3 is 14.7 Å². The predicted octanol–water partition coefficient (Wildman–Crippen LogP) is 2.53. The Morgan fingerprint density at radius 2 is 2.00 bits per heavy atom. The number of thiazole rings is 1. The van der Waals surface area contributed by atoms with Crippen molar-refractivity contribution < 1.29 is 24.2 Å². The highest BCUT2D eigenvalue weighted by Crippen LogP contribution is 2.28. The summed E-state index contributed by atoms with van der Waals surface area (Å²) >= 11 is 1.59. The summed E-state index contributed by atoms with van der Waals surface area (Å²) in [6.07, 6.45) is -0.710. The second-order valence-corrected chi connectivity index (χ2v) is 8.43. The van der Waals surface area contributed by atoms with Crippen LogP contribution >= 0.6 is 11.3 Å². The molecule has 1 aromatic carbocycles. The number of nitrogens with zero attached hydrogens (tertiary/aromatic N) is 2. The Bertz CT molecular complexity index is 924. The molecule has 0 saturated carbocycles. The van der Waals surface area contributed by atoms with Crippen molar-refractivity contribution >= 4 is 29.0 Å². The number of hydrogen-bond donors (Lipinski definition) is 1. The number of ketones is 1. The highest BCUT2D eigenvalue weighted by Gasteiger charge is 2.40. The molecule has 1 aliphatic heterocycles. The molecule has 30 heavy (non-hydrogen) atoms. The Balaban J connectivity index is 1.61. The fourth-order valence-electron chi connectivity index (χ4n) is 3.73. The molecule has 0 bridgehead atoms. The summed E-state index contributed by atoms with van der Waals surface area (Å²) in [5, 5.41) is 10.0. The van der Waals surface area contributed by atoms with E-state index in [1.807, 2.05) is 36.7 Å². The standard InChI is InChI=1S/C22H26N2O5S/c1-13-21(30-12-23-13)17-7-4-16(5-8-17)6-9-20(27)19-10-18(26)11-24(19)22(28)14(2)29-15(3)25/h4-5,7-8,12,14,18-19,26H,6,9-11H2,1-3H3/t14-,18+,19-/m0/s1. The molecule has 1 amide bonds. The number of carbonyl (C=O) groups is 3. The lowest BCUT2D eigenvalue weighted by atomic mass is 10.00. The molecule has 7 nitrogen and oxygen atoms in total. The molecule has 0 spiro atoms. The summed E-state index contributed by atoms with van der Waals surface area (Å²) < 4.78 is 4.94. The van der Waals surface area contributed by atoms with Crippen LogP contribution in [0.2, 0.25) is 0 Å². The Morgan fingerprint density at radius 3 is 2.60 bits per heavy atom. The van der Waals surface area contributed by atoms with Crippen molar-refractivity contribution in [3.63, 3.8) is 0 Å². The Labute approximate surface area is 179 Å². The monoisotopic (exact) mass is 430 g/mol. The van der Waals surface area contributed by atoms with Crippen LogP contribution in [0.25, 0.3) is 10.4 Å². The third-order valence-corrected chi connectivity index (χ3v) is 6.22. The first-order chi connectivity index (χ1) is 14.3. The van der Waals surface area contributed by atoms with Gasteiger partial charge in [-0.3, -0.25) is 14.4 Å². The topological polar surface area (TPSA) is 96.8 Å². The van der Waals surface area contributed by atoms with E-state index in [4.69, 9.17) is 4.74 Å². The van der Waals surface area contributed by atoms with E-state index in [1.165, 1.54) is 18.7 Å². The average Bonchev–Trinajstić information content (AvgIpc) is 3.31. The van der Waals surface area contributed by atoms with E-state index in [0.29, 0.717) is 6.42 Å². The van der Waals surface area contributed by atoms with Crippen LogP contribution in [0.15, 0.2) is 29.8 Å².